The van der Waals surface area contributed by atoms with Gasteiger partial charge >= 0.3 is 0 Å². The Morgan fingerprint density at radius 1 is 1.16 bits per heavy atom. The summed E-state index contributed by atoms with van der Waals surface area (Å²) in [5, 5.41) is 12.4. The minimum atomic E-state index is -0.491. The van der Waals surface area contributed by atoms with Crippen LogP contribution in [0, 0.1) is 5.82 Å². The molecule has 0 fully saturated rings. The highest BCUT2D eigenvalue weighted by Gasteiger charge is 2.16. The summed E-state index contributed by atoms with van der Waals surface area (Å²) in [4.78, 5) is 17.3. The number of nitrogens with one attached hydrogen (secondary N) is 1. The molecule has 0 saturated heterocycles. The zero-order valence-electron chi connectivity index (χ0n) is 17.5. The number of benzene rings is 2. The van der Waals surface area contributed by atoms with Crippen molar-refractivity contribution in [2.75, 3.05) is 13.7 Å². The Morgan fingerprint density at radius 3 is 2.68 bits per heavy atom. The van der Waals surface area contributed by atoms with Crippen molar-refractivity contribution in [3.63, 3.8) is 0 Å². The molecule has 0 spiro atoms. The van der Waals surface area contributed by atoms with Gasteiger partial charge < -0.3 is 19.9 Å². The first kappa shape index (κ1) is 22.2. The zero-order chi connectivity index (χ0) is 22.2. The molecule has 1 amide bonds. The second-order valence-corrected chi connectivity index (χ2v) is 6.88. The molecule has 0 radical (unpaired) electrons. The Bertz CT molecular complexity index is 1060. The van der Waals surface area contributed by atoms with Crippen molar-refractivity contribution < 1.29 is 23.8 Å². The van der Waals surface area contributed by atoms with Gasteiger partial charge in [0.05, 0.1) is 31.6 Å². The molecular formula is C24H25FN2O4. The molecule has 1 heterocycles. The molecule has 2 aromatic carbocycles. The lowest BCUT2D eigenvalue weighted by Crippen LogP contribution is -2.23. The number of nitrogens with zero attached hydrogens (tertiary/aromatic N) is 1. The van der Waals surface area contributed by atoms with Crippen LogP contribution in [-0.2, 0) is 13.2 Å². The number of aliphatic hydroxyl groups is 1. The lowest BCUT2D eigenvalue weighted by Gasteiger charge is -2.14. The molecular weight excluding hydrogens is 399 g/mol. The van der Waals surface area contributed by atoms with Gasteiger partial charge in [-0.3, -0.25) is 9.78 Å². The summed E-state index contributed by atoms with van der Waals surface area (Å²) >= 11 is 0. The van der Waals surface area contributed by atoms with Crippen LogP contribution in [0.15, 0.2) is 54.7 Å². The average molecular weight is 424 g/mol. The van der Waals surface area contributed by atoms with E-state index in [0.717, 1.165) is 6.42 Å². The monoisotopic (exact) mass is 424 g/mol. The lowest BCUT2D eigenvalue weighted by atomic mass is 10.0. The van der Waals surface area contributed by atoms with Crippen molar-refractivity contribution in [2.24, 2.45) is 0 Å². The van der Waals surface area contributed by atoms with E-state index in [-0.39, 0.29) is 24.8 Å². The molecule has 0 saturated carbocycles. The second kappa shape index (κ2) is 10.5. The maximum Gasteiger partial charge on any atom is 0.255 e. The van der Waals surface area contributed by atoms with E-state index in [1.807, 2.05) is 13.0 Å². The van der Waals surface area contributed by atoms with Crippen LogP contribution in [0.4, 0.5) is 4.39 Å². The third-order valence-corrected chi connectivity index (χ3v) is 4.69. The number of carbonyl (C=O) groups is 1. The molecule has 0 aliphatic heterocycles. The fourth-order valence-corrected chi connectivity index (χ4v) is 3.12. The van der Waals surface area contributed by atoms with Crippen LogP contribution in [0.25, 0.3) is 11.3 Å². The van der Waals surface area contributed by atoms with Crippen LogP contribution in [0.1, 0.15) is 34.8 Å². The van der Waals surface area contributed by atoms with Crippen molar-refractivity contribution in [1.82, 2.24) is 10.3 Å². The SMILES string of the molecule is CCCOc1ccc(-c2ncccc2CO)cc1C(=O)NCc1ccc(OC)c(F)c1. The molecule has 0 bridgehead atoms. The number of methoxy groups -OCH3 is 1. The van der Waals surface area contributed by atoms with Gasteiger partial charge in [0.1, 0.15) is 5.75 Å². The molecule has 7 heteroatoms. The Kier molecular flexibility index (Phi) is 7.56. The van der Waals surface area contributed by atoms with Crippen LogP contribution in [0.2, 0.25) is 0 Å². The summed E-state index contributed by atoms with van der Waals surface area (Å²) in [6.45, 7) is 2.42. The third-order valence-electron chi connectivity index (χ3n) is 4.69. The van der Waals surface area contributed by atoms with Crippen molar-refractivity contribution in [2.45, 2.75) is 26.5 Å². The molecule has 1 aromatic heterocycles. The summed E-state index contributed by atoms with van der Waals surface area (Å²) in [5.74, 6) is -0.251. The van der Waals surface area contributed by atoms with Gasteiger partial charge in [-0.25, -0.2) is 4.39 Å². The molecule has 0 aliphatic rings. The smallest absolute Gasteiger partial charge is 0.255 e. The number of rotatable bonds is 9. The van der Waals surface area contributed by atoms with Crippen LogP contribution in [0.3, 0.4) is 0 Å². The van der Waals surface area contributed by atoms with E-state index in [1.54, 1.807) is 36.5 Å². The van der Waals surface area contributed by atoms with E-state index in [1.165, 1.54) is 19.2 Å². The number of aliphatic hydroxyl groups excluding tert-OH is 1. The van der Waals surface area contributed by atoms with Gasteiger partial charge in [0.25, 0.3) is 5.91 Å². The summed E-state index contributed by atoms with van der Waals surface area (Å²) in [7, 11) is 1.40. The minimum absolute atomic E-state index is 0.142. The Morgan fingerprint density at radius 2 is 1.97 bits per heavy atom. The minimum Gasteiger partial charge on any atom is -0.494 e. The molecule has 31 heavy (non-hydrogen) atoms. The quantitative estimate of drug-likeness (QED) is 0.540. The van der Waals surface area contributed by atoms with E-state index < -0.39 is 5.82 Å². The van der Waals surface area contributed by atoms with Gasteiger partial charge in [-0.2, -0.15) is 0 Å². The first-order valence-corrected chi connectivity index (χ1v) is 10.00. The summed E-state index contributed by atoms with van der Waals surface area (Å²) in [6, 6.07) is 13.3. The maximum absolute atomic E-state index is 13.9. The predicted molar refractivity (Wildman–Crippen MR) is 116 cm³/mol. The van der Waals surface area contributed by atoms with E-state index in [0.29, 0.717) is 40.3 Å². The number of carbonyl (C=O) groups excluding carboxylic acids is 1. The number of amides is 1. The fourth-order valence-electron chi connectivity index (χ4n) is 3.12. The zero-order valence-corrected chi connectivity index (χ0v) is 17.5. The molecule has 2 N–H and O–H groups in total. The molecule has 162 valence electrons. The van der Waals surface area contributed by atoms with E-state index in [9.17, 15) is 14.3 Å². The number of halogens is 1. The molecule has 0 atom stereocenters. The van der Waals surface area contributed by atoms with Gasteiger partial charge in [-0.05, 0) is 48.4 Å². The highest BCUT2D eigenvalue weighted by atomic mass is 19.1. The summed E-state index contributed by atoms with van der Waals surface area (Å²) in [5.41, 5.74) is 2.89. The first-order valence-electron chi connectivity index (χ1n) is 10.00. The molecule has 3 aromatic rings. The first-order chi connectivity index (χ1) is 15.1. The molecule has 0 aliphatic carbocycles. The number of hydrogen-bond donors (Lipinski definition) is 2. The second-order valence-electron chi connectivity index (χ2n) is 6.88. The van der Waals surface area contributed by atoms with Gasteiger partial charge in [-0.15, -0.1) is 0 Å². The van der Waals surface area contributed by atoms with Crippen LogP contribution < -0.4 is 14.8 Å². The van der Waals surface area contributed by atoms with Gasteiger partial charge in [0.15, 0.2) is 11.6 Å². The Labute approximate surface area is 180 Å². The Hall–Kier alpha value is -3.45. The fraction of sp³-hybridized carbons (Fsp3) is 0.250. The lowest BCUT2D eigenvalue weighted by molar-refractivity contribution is 0.0946. The maximum atomic E-state index is 13.9. The Balaban J connectivity index is 1.87. The highest BCUT2D eigenvalue weighted by molar-refractivity contribution is 5.98. The van der Waals surface area contributed by atoms with E-state index in [4.69, 9.17) is 9.47 Å². The average Bonchev–Trinajstić information content (AvgIpc) is 2.81. The molecule has 3 rings (SSSR count). The number of pyridine rings is 1. The predicted octanol–water partition coefficient (Wildman–Crippen LogP) is 4.11. The van der Waals surface area contributed by atoms with Crippen LogP contribution >= 0.6 is 0 Å². The number of hydrogen-bond acceptors (Lipinski definition) is 5. The van der Waals surface area contributed by atoms with E-state index in [2.05, 4.69) is 10.3 Å². The third kappa shape index (κ3) is 5.38. The van der Waals surface area contributed by atoms with Crippen molar-refractivity contribution in [1.29, 1.82) is 0 Å². The number of aromatic nitrogens is 1. The van der Waals surface area contributed by atoms with Crippen molar-refractivity contribution in [3.05, 3.63) is 77.2 Å². The molecule has 0 unspecified atom stereocenters. The topological polar surface area (TPSA) is 80.7 Å². The van der Waals surface area contributed by atoms with Crippen LogP contribution in [0.5, 0.6) is 11.5 Å². The van der Waals surface area contributed by atoms with E-state index >= 15 is 0 Å². The summed E-state index contributed by atoms with van der Waals surface area (Å²) < 4.78 is 24.6. The normalized spacial score (nSPS) is 10.6. The van der Waals surface area contributed by atoms with Gasteiger partial charge in [-0.1, -0.05) is 19.1 Å². The van der Waals surface area contributed by atoms with Gasteiger partial charge in [0, 0.05) is 23.9 Å². The van der Waals surface area contributed by atoms with Crippen molar-refractivity contribution >= 4 is 5.91 Å². The largest absolute Gasteiger partial charge is 0.494 e. The highest BCUT2D eigenvalue weighted by Crippen LogP contribution is 2.28. The van der Waals surface area contributed by atoms with Crippen LogP contribution in [-0.4, -0.2) is 29.7 Å². The van der Waals surface area contributed by atoms with Gasteiger partial charge in [0.2, 0.25) is 0 Å². The standard InChI is InChI=1S/C24H25FN2O4/c1-3-11-31-21-9-7-17(23-18(15-28)5-4-10-26-23)13-19(21)24(29)27-14-16-6-8-22(30-2)20(25)12-16/h4-10,12-13,28H,3,11,14-15H2,1-2H3,(H,27,29). The van der Waals surface area contributed by atoms with Crippen molar-refractivity contribution in [3.8, 4) is 22.8 Å². The molecule has 6 nitrogen and oxygen atoms in total. The summed E-state index contributed by atoms with van der Waals surface area (Å²) in [6.07, 6.45) is 2.43. The number of ether oxygens (including phenoxy) is 2.